The lowest BCUT2D eigenvalue weighted by Gasteiger charge is -2.35. The van der Waals surface area contributed by atoms with Crippen molar-refractivity contribution in [1.29, 1.82) is 0 Å². The molecule has 3 N–H and O–H groups in total. The molecule has 0 radical (unpaired) electrons. The first-order valence-corrected chi connectivity index (χ1v) is 9.58. The van der Waals surface area contributed by atoms with Gasteiger partial charge in [-0.05, 0) is 48.4 Å². The van der Waals surface area contributed by atoms with E-state index in [1.165, 1.54) is 4.90 Å². The largest absolute Gasteiger partial charge is 0.362 e. The number of hydrogen-bond acceptors (Lipinski definition) is 5. The highest BCUT2D eigenvalue weighted by atomic mass is 35.5. The minimum Gasteiger partial charge on any atom is -0.362 e. The van der Waals surface area contributed by atoms with Gasteiger partial charge >= 0.3 is 0 Å². The van der Waals surface area contributed by atoms with Gasteiger partial charge in [0, 0.05) is 25.0 Å². The number of aryl methyl sites for hydroxylation is 1. The number of amides is 1. The van der Waals surface area contributed by atoms with Crippen molar-refractivity contribution < 1.29 is 9.32 Å². The molecule has 0 bridgehead atoms. The highest BCUT2D eigenvalue weighted by Crippen LogP contribution is 2.32. The van der Waals surface area contributed by atoms with E-state index in [0.29, 0.717) is 6.42 Å². The summed E-state index contributed by atoms with van der Waals surface area (Å²) in [5, 5.41) is 8.33. The summed E-state index contributed by atoms with van der Waals surface area (Å²) in [4.78, 5) is 14.2. The molecule has 0 saturated heterocycles. The van der Waals surface area contributed by atoms with Crippen molar-refractivity contribution in [3.63, 3.8) is 0 Å². The monoisotopic (exact) mass is 424 g/mol. The van der Waals surface area contributed by atoms with E-state index >= 15 is 0 Å². The average Bonchev–Trinajstić information content (AvgIpc) is 3.17. The Bertz CT molecular complexity index is 1120. The zero-order valence-corrected chi connectivity index (χ0v) is 17.8. The predicted molar refractivity (Wildman–Crippen MR) is 121 cm³/mol. The van der Waals surface area contributed by atoms with Crippen LogP contribution in [0, 0.1) is 0 Å². The maximum absolute atomic E-state index is 12.7. The molecule has 0 aliphatic carbocycles. The van der Waals surface area contributed by atoms with Gasteiger partial charge in [0.2, 0.25) is 0 Å². The third kappa shape index (κ3) is 3.84. The smallest absolute Gasteiger partial charge is 0.267 e. The number of hydrogen-bond donors (Lipinski definition) is 2. The number of nitrogens with one attached hydrogen (secondary N) is 1. The molecule has 4 rings (SSSR count). The maximum Gasteiger partial charge on any atom is 0.267 e. The highest BCUT2D eigenvalue weighted by Gasteiger charge is 2.39. The first-order chi connectivity index (χ1) is 14.0. The molecule has 2 aromatic carbocycles. The molecule has 3 aromatic rings. The van der Waals surface area contributed by atoms with Crippen LogP contribution >= 0.6 is 12.4 Å². The standard InChI is InChI=1S/C23H24N4O2.ClH/c1-27(2)22(28)23(24)17(9-7-15-25-23)14-13-16-8-3-4-10-18(16)21-19-11-5-6-12-20(19)29-26-21;/h3-12,15,25H,13-14,24H2,1-2H3;1H. The molecule has 1 unspecified atom stereocenters. The van der Waals surface area contributed by atoms with Crippen LogP contribution in [0.15, 0.2) is 77.0 Å². The number of carbonyl (C=O) groups excluding carboxylic acids is 1. The lowest BCUT2D eigenvalue weighted by atomic mass is 9.89. The molecule has 30 heavy (non-hydrogen) atoms. The molecule has 156 valence electrons. The zero-order chi connectivity index (χ0) is 20.4. The number of aromatic nitrogens is 1. The van der Waals surface area contributed by atoms with Crippen molar-refractivity contribution in [3.05, 3.63) is 78.0 Å². The van der Waals surface area contributed by atoms with E-state index in [1.807, 2.05) is 54.6 Å². The Balaban J connectivity index is 0.00000256. The summed E-state index contributed by atoms with van der Waals surface area (Å²) in [5.74, 6) is -0.177. The van der Waals surface area contributed by atoms with E-state index in [1.54, 1.807) is 20.3 Å². The fourth-order valence-corrected chi connectivity index (χ4v) is 3.72. The van der Waals surface area contributed by atoms with E-state index < -0.39 is 5.66 Å². The van der Waals surface area contributed by atoms with Gasteiger partial charge in [0.05, 0.1) is 0 Å². The molecule has 1 aliphatic rings. The Kier molecular flexibility index (Phi) is 6.29. The predicted octanol–water partition coefficient (Wildman–Crippen LogP) is 3.64. The van der Waals surface area contributed by atoms with Crippen molar-refractivity contribution >= 4 is 29.3 Å². The Morgan fingerprint density at radius 1 is 1.13 bits per heavy atom. The molecule has 7 heteroatoms. The average molecular weight is 425 g/mol. The van der Waals surface area contributed by atoms with Crippen LogP contribution in [-0.4, -0.2) is 35.7 Å². The Labute approximate surface area is 181 Å². The van der Waals surface area contributed by atoms with E-state index in [0.717, 1.165) is 39.8 Å². The van der Waals surface area contributed by atoms with Gasteiger partial charge in [-0.3, -0.25) is 10.5 Å². The number of benzene rings is 2. The second kappa shape index (κ2) is 8.73. The van der Waals surface area contributed by atoms with Crippen molar-refractivity contribution in [2.45, 2.75) is 18.5 Å². The number of nitrogens with zero attached hydrogens (tertiary/aromatic N) is 2. The molecule has 1 atom stereocenters. The minimum absolute atomic E-state index is 0. The quantitative estimate of drug-likeness (QED) is 0.653. The van der Waals surface area contributed by atoms with Gasteiger partial charge in [0.25, 0.3) is 5.91 Å². The van der Waals surface area contributed by atoms with Crippen LogP contribution in [0.25, 0.3) is 22.2 Å². The van der Waals surface area contributed by atoms with Crippen LogP contribution in [-0.2, 0) is 11.2 Å². The SMILES string of the molecule is CN(C)C(=O)C1(N)NC=CC=C1CCc1ccccc1-c1noc2ccccc12.Cl. The van der Waals surface area contributed by atoms with Gasteiger partial charge < -0.3 is 14.7 Å². The van der Waals surface area contributed by atoms with Crippen molar-refractivity contribution in [1.82, 2.24) is 15.4 Å². The number of allylic oxidation sites excluding steroid dienone is 2. The van der Waals surface area contributed by atoms with Crippen LogP contribution < -0.4 is 11.1 Å². The fourth-order valence-electron chi connectivity index (χ4n) is 3.72. The first kappa shape index (κ1) is 21.6. The summed E-state index contributed by atoms with van der Waals surface area (Å²) in [6, 6.07) is 16.0. The normalized spacial score (nSPS) is 17.8. The number of rotatable bonds is 5. The molecule has 1 aromatic heterocycles. The van der Waals surface area contributed by atoms with Crippen LogP contribution in [0.1, 0.15) is 12.0 Å². The summed E-state index contributed by atoms with van der Waals surface area (Å²) >= 11 is 0. The summed E-state index contributed by atoms with van der Waals surface area (Å²) < 4.78 is 5.49. The third-order valence-electron chi connectivity index (χ3n) is 5.27. The molecule has 1 amide bonds. The third-order valence-corrected chi connectivity index (χ3v) is 5.27. The minimum atomic E-state index is -1.23. The number of halogens is 1. The van der Waals surface area contributed by atoms with Crippen molar-refractivity contribution in [2.24, 2.45) is 5.73 Å². The number of carbonyl (C=O) groups is 1. The lowest BCUT2D eigenvalue weighted by Crippen LogP contribution is -2.63. The van der Waals surface area contributed by atoms with Crippen LogP contribution in [0.2, 0.25) is 0 Å². The van der Waals surface area contributed by atoms with Crippen LogP contribution in [0.3, 0.4) is 0 Å². The number of dihydropyridines is 1. The van der Waals surface area contributed by atoms with E-state index in [2.05, 4.69) is 16.5 Å². The topological polar surface area (TPSA) is 84.4 Å². The Morgan fingerprint density at radius 3 is 2.67 bits per heavy atom. The second-order valence-electron chi connectivity index (χ2n) is 7.39. The number of para-hydroxylation sites is 1. The number of fused-ring (bicyclic) bond motifs is 1. The lowest BCUT2D eigenvalue weighted by molar-refractivity contribution is -0.133. The molecular formula is C23H25ClN4O2. The van der Waals surface area contributed by atoms with E-state index in [9.17, 15) is 4.79 Å². The van der Waals surface area contributed by atoms with Crippen molar-refractivity contribution in [2.75, 3.05) is 14.1 Å². The summed E-state index contributed by atoms with van der Waals surface area (Å²) in [7, 11) is 3.42. The fraction of sp³-hybridized carbons (Fsp3) is 0.217. The van der Waals surface area contributed by atoms with Gasteiger partial charge in [0.15, 0.2) is 11.2 Å². The Hall–Kier alpha value is -3.09. The van der Waals surface area contributed by atoms with Gasteiger partial charge in [-0.2, -0.15) is 0 Å². The molecule has 6 nitrogen and oxygen atoms in total. The maximum atomic E-state index is 12.7. The van der Waals surface area contributed by atoms with Crippen LogP contribution in [0.5, 0.6) is 0 Å². The van der Waals surface area contributed by atoms with E-state index in [4.69, 9.17) is 10.3 Å². The highest BCUT2D eigenvalue weighted by molar-refractivity contribution is 5.92. The number of likely N-dealkylation sites (N-methyl/N-ethyl adjacent to an activating group) is 1. The number of nitrogens with two attached hydrogens (primary N) is 1. The summed E-state index contributed by atoms with van der Waals surface area (Å²) in [5.41, 5.74) is 9.83. The van der Waals surface area contributed by atoms with Crippen LogP contribution in [0.4, 0.5) is 0 Å². The molecule has 2 heterocycles. The molecule has 0 saturated carbocycles. The summed E-state index contributed by atoms with van der Waals surface area (Å²) in [6.45, 7) is 0. The first-order valence-electron chi connectivity index (χ1n) is 9.58. The van der Waals surface area contributed by atoms with Gasteiger partial charge in [0.1, 0.15) is 5.69 Å². The molecule has 1 aliphatic heterocycles. The van der Waals surface area contributed by atoms with Crippen molar-refractivity contribution in [3.8, 4) is 11.3 Å². The molecular weight excluding hydrogens is 400 g/mol. The second-order valence-corrected chi connectivity index (χ2v) is 7.39. The molecule has 0 fully saturated rings. The van der Waals surface area contributed by atoms with Gasteiger partial charge in [-0.1, -0.05) is 47.6 Å². The van der Waals surface area contributed by atoms with E-state index in [-0.39, 0.29) is 18.3 Å². The van der Waals surface area contributed by atoms with Gasteiger partial charge in [-0.15, -0.1) is 12.4 Å². The Morgan fingerprint density at radius 2 is 1.87 bits per heavy atom. The zero-order valence-electron chi connectivity index (χ0n) is 17.0. The van der Waals surface area contributed by atoms with Gasteiger partial charge in [-0.25, -0.2) is 0 Å². The summed E-state index contributed by atoms with van der Waals surface area (Å²) in [6.07, 6.45) is 6.87. The molecule has 0 spiro atoms.